The molecule has 3 heterocycles. The molecular weight excluding hydrogens is 456 g/mol. The monoisotopic (exact) mass is 486 g/mol. The third kappa shape index (κ3) is 3.72. The average molecular weight is 487 g/mol. The first kappa shape index (κ1) is 23.1. The summed E-state index contributed by atoms with van der Waals surface area (Å²) >= 11 is 0. The van der Waals surface area contributed by atoms with Crippen molar-refractivity contribution < 1.29 is 10.2 Å². The number of phenolic OH excluding ortho intramolecular Hbond substituents is 2. The molecule has 2 aliphatic heterocycles. The molecule has 1 aliphatic carbocycles. The smallest absolute Gasteiger partial charge is 0.126 e. The predicted molar refractivity (Wildman–Crippen MR) is 153 cm³/mol. The zero-order valence-electron chi connectivity index (χ0n) is 21.6. The lowest BCUT2D eigenvalue weighted by Gasteiger charge is -2.07. The van der Waals surface area contributed by atoms with Crippen molar-refractivity contribution in [3.63, 3.8) is 0 Å². The highest BCUT2D eigenvalue weighted by Gasteiger charge is 2.22. The van der Waals surface area contributed by atoms with Crippen LogP contribution in [-0.4, -0.2) is 20.9 Å². The van der Waals surface area contributed by atoms with Crippen LogP contribution in [0.1, 0.15) is 60.6 Å². The second kappa shape index (κ2) is 8.67. The summed E-state index contributed by atoms with van der Waals surface area (Å²) < 4.78 is 0. The van der Waals surface area contributed by atoms with E-state index in [1.807, 2.05) is 18.2 Å². The van der Waals surface area contributed by atoms with Crippen molar-refractivity contribution in [3.8, 4) is 11.5 Å². The van der Waals surface area contributed by atoms with E-state index in [1.165, 1.54) is 28.3 Å². The van der Waals surface area contributed by atoms with E-state index in [0.29, 0.717) is 11.1 Å². The van der Waals surface area contributed by atoms with Gasteiger partial charge in [-0.2, -0.15) is 0 Å². The molecule has 6 rings (SSSR count). The van der Waals surface area contributed by atoms with Crippen molar-refractivity contribution in [2.45, 2.75) is 40.5 Å². The minimum absolute atomic E-state index is 0.0306. The van der Waals surface area contributed by atoms with Gasteiger partial charge in [-0.3, -0.25) is 0 Å². The second-order valence-electron chi connectivity index (χ2n) is 9.90. The number of rotatable bonds is 2. The number of nitrogens with one attached hydrogen (secondary N) is 1. The maximum Gasteiger partial charge on any atom is 0.126 e. The fourth-order valence-corrected chi connectivity index (χ4v) is 5.73. The predicted octanol–water partition coefficient (Wildman–Crippen LogP) is 5.92. The number of allylic oxidation sites excluding steroid dienone is 6. The Morgan fingerprint density at radius 2 is 1.43 bits per heavy atom. The van der Waals surface area contributed by atoms with E-state index >= 15 is 0 Å². The average Bonchev–Trinajstić information content (AvgIpc) is 3.48. The molecule has 4 nitrogen and oxygen atoms in total. The third-order valence-electron chi connectivity index (χ3n) is 7.77. The lowest BCUT2D eigenvalue weighted by Crippen LogP contribution is -2.12. The van der Waals surface area contributed by atoms with Gasteiger partial charge in [0.15, 0.2) is 0 Å². The Bertz CT molecular complexity index is 1770. The molecule has 0 unspecified atom stereocenters. The summed E-state index contributed by atoms with van der Waals surface area (Å²) in [5, 5.41) is 23.5. The topological polar surface area (TPSA) is 68.6 Å². The standard InChI is InChI=1S/C33H30N2O2/c1-5-24-18(3)28-13-20-11-21(27-10-8-7-9-26(20)27)14-29-19(4)25(6-2)31(35-29)16-23-12-22(15-30(24)34-28)32(36)17-33(23)37/h7-17,34,36-37H,5-6H2,1-4H3. The lowest BCUT2D eigenvalue weighted by atomic mass is 9.99. The SMILES string of the molecule is CCC1=C(C)C2=NC1=Cc1cc(c(O)cc1O)C=c1[nH]c(c(C)c1CC)=CC1=CC(=C2)c2ccccc21. The zero-order chi connectivity index (χ0) is 25.8. The number of aromatic amines is 1. The maximum absolute atomic E-state index is 10.7. The van der Waals surface area contributed by atoms with Gasteiger partial charge >= 0.3 is 0 Å². The van der Waals surface area contributed by atoms with E-state index < -0.39 is 0 Å². The molecule has 0 radical (unpaired) electrons. The quantitative estimate of drug-likeness (QED) is 0.421. The molecule has 184 valence electrons. The van der Waals surface area contributed by atoms with Crippen molar-refractivity contribution in [2.24, 2.45) is 4.99 Å². The van der Waals surface area contributed by atoms with Gasteiger partial charge in [-0.1, -0.05) is 38.1 Å². The number of hydrogen-bond acceptors (Lipinski definition) is 3. The van der Waals surface area contributed by atoms with E-state index in [-0.39, 0.29) is 11.5 Å². The number of aromatic nitrogens is 1. The van der Waals surface area contributed by atoms with Crippen molar-refractivity contribution in [3.05, 3.63) is 109 Å². The summed E-state index contributed by atoms with van der Waals surface area (Å²) in [5.41, 5.74) is 12.5. The fraction of sp³-hybridized carbons (Fsp3) is 0.182. The second-order valence-corrected chi connectivity index (χ2v) is 9.90. The van der Waals surface area contributed by atoms with Crippen LogP contribution < -0.4 is 10.7 Å². The van der Waals surface area contributed by atoms with Gasteiger partial charge in [0.1, 0.15) is 11.5 Å². The van der Waals surface area contributed by atoms with Gasteiger partial charge in [0, 0.05) is 27.9 Å². The summed E-state index contributed by atoms with van der Waals surface area (Å²) in [7, 11) is 0. The summed E-state index contributed by atoms with van der Waals surface area (Å²) in [6.45, 7) is 8.54. The van der Waals surface area contributed by atoms with Crippen LogP contribution in [0.15, 0.2) is 70.4 Å². The first-order valence-corrected chi connectivity index (χ1v) is 12.9. The number of H-pyrrole nitrogens is 1. The minimum Gasteiger partial charge on any atom is -0.507 e. The Kier molecular flexibility index (Phi) is 5.41. The number of nitrogens with zero attached hydrogens (tertiary/aromatic N) is 1. The molecule has 0 saturated heterocycles. The highest BCUT2D eigenvalue weighted by Crippen LogP contribution is 2.39. The Hall–Kier alpha value is -4.31. The van der Waals surface area contributed by atoms with Crippen molar-refractivity contribution >= 4 is 35.1 Å². The van der Waals surface area contributed by atoms with Gasteiger partial charge in [0.25, 0.3) is 0 Å². The van der Waals surface area contributed by atoms with Gasteiger partial charge in [-0.15, -0.1) is 0 Å². The first-order chi connectivity index (χ1) is 17.9. The van der Waals surface area contributed by atoms with Gasteiger partial charge in [0.05, 0.1) is 11.4 Å². The summed E-state index contributed by atoms with van der Waals surface area (Å²) in [5.74, 6) is 0.0710. The molecule has 4 heteroatoms. The number of fused-ring (bicyclic) bond motifs is 9. The molecule has 0 saturated carbocycles. The first-order valence-electron chi connectivity index (χ1n) is 12.9. The Labute approximate surface area is 216 Å². The number of aliphatic imine (C=N–C) groups is 1. The van der Waals surface area contributed by atoms with Crippen molar-refractivity contribution in [2.75, 3.05) is 0 Å². The summed E-state index contributed by atoms with van der Waals surface area (Å²) in [6.07, 6.45) is 12.2. The van der Waals surface area contributed by atoms with Crippen LogP contribution in [0.25, 0.3) is 29.4 Å². The molecule has 1 aromatic heterocycles. The minimum atomic E-state index is 0.0306. The van der Waals surface area contributed by atoms with Crippen LogP contribution in [0.4, 0.5) is 0 Å². The molecule has 3 N–H and O–H groups in total. The number of phenols is 2. The van der Waals surface area contributed by atoms with Crippen molar-refractivity contribution in [1.29, 1.82) is 0 Å². The van der Waals surface area contributed by atoms with Crippen LogP contribution in [0.5, 0.6) is 11.5 Å². The molecule has 37 heavy (non-hydrogen) atoms. The van der Waals surface area contributed by atoms with Crippen molar-refractivity contribution in [1.82, 2.24) is 4.98 Å². The number of benzene rings is 2. The Balaban J connectivity index is 1.72. The highest BCUT2D eigenvalue weighted by molar-refractivity contribution is 6.18. The molecule has 0 spiro atoms. The van der Waals surface area contributed by atoms with E-state index in [1.54, 1.807) is 0 Å². The van der Waals surface area contributed by atoms with Crippen LogP contribution in [0.2, 0.25) is 0 Å². The molecule has 0 amide bonds. The highest BCUT2D eigenvalue weighted by atomic mass is 16.3. The largest absolute Gasteiger partial charge is 0.507 e. The molecular formula is C33H30N2O2. The Morgan fingerprint density at radius 1 is 0.757 bits per heavy atom. The summed E-state index contributed by atoms with van der Waals surface area (Å²) in [6, 6.07) is 11.8. The van der Waals surface area contributed by atoms with Gasteiger partial charge < -0.3 is 15.2 Å². The van der Waals surface area contributed by atoms with Crippen LogP contribution >= 0.6 is 0 Å². The summed E-state index contributed by atoms with van der Waals surface area (Å²) in [4.78, 5) is 8.62. The molecule has 8 bridgehead atoms. The number of hydrogen-bond donors (Lipinski definition) is 3. The lowest BCUT2D eigenvalue weighted by molar-refractivity contribution is 0.449. The van der Waals surface area contributed by atoms with E-state index in [2.05, 4.69) is 75.2 Å². The maximum atomic E-state index is 10.7. The molecule has 3 aliphatic rings. The van der Waals surface area contributed by atoms with E-state index in [0.717, 1.165) is 57.2 Å². The van der Waals surface area contributed by atoms with Crippen LogP contribution in [-0.2, 0) is 6.42 Å². The Morgan fingerprint density at radius 3 is 2.11 bits per heavy atom. The molecule has 0 atom stereocenters. The third-order valence-corrected chi connectivity index (χ3v) is 7.77. The van der Waals surface area contributed by atoms with E-state index in [4.69, 9.17) is 4.99 Å². The van der Waals surface area contributed by atoms with Gasteiger partial charge in [0.2, 0.25) is 0 Å². The molecule has 2 aromatic carbocycles. The molecule has 3 aromatic rings. The number of aromatic hydroxyl groups is 2. The van der Waals surface area contributed by atoms with Gasteiger partial charge in [-0.25, -0.2) is 4.99 Å². The molecule has 0 fully saturated rings. The zero-order valence-corrected chi connectivity index (χ0v) is 21.6. The van der Waals surface area contributed by atoms with Crippen LogP contribution in [0, 0.1) is 6.92 Å². The normalized spacial score (nSPS) is 15.9. The van der Waals surface area contributed by atoms with Crippen LogP contribution in [0.3, 0.4) is 0 Å². The van der Waals surface area contributed by atoms with Gasteiger partial charge in [-0.05, 0) is 108 Å². The van der Waals surface area contributed by atoms with E-state index in [9.17, 15) is 10.2 Å². The fourth-order valence-electron chi connectivity index (χ4n) is 5.73.